The molecule has 0 fully saturated rings. The molecular formula is C27H30ClNO3. The van der Waals surface area contributed by atoms with Gasteiger partial charge in [0.2, 0.25) is 0 Å². The molecule has 0 spiro atoms. The van der Waals surface area contributed by atoms with Crippen molar-refractivity contribution in [1.82, 2.24) is 0 Å². The third-order valence-corrected chi connectivity index (χ3v) is 6.07. The van der Waals surface area contributed by atoms with Gasteiger partial charge >= 0.3 is 6.09 Å². The number of alkyl halides is 1. The molecule has 0 saturated heterocycles. The summed E-state index contributed by atoms with van der Waals surface area (Å²) in [6, 6.07) is 20.3. The number of benzene rings is 3. The molecule has 5 heteroatoms. The van der Waals surface area contributed by atoms with Crippen LogP contribution >= 0.6 is 11.6 Å². The van der Waals surface area contributed by atoms with E-state index in [1.807, 2.05) is 69.3 Å². The zero-order valence-electron chi connectivity index (χ0n) is 18.9. The van der Waals surface area contributed by atoms with Crippen LogP contribution in [0.25, 0.3) is 10.8 Å². The SMILES string of the molecule is CC(C)(C)OC(=O)N1CCCC(CCl)c2c1cc(OCc1ccccc1)c1ccccc21. The van der Waals surface area contributed by atoms with E-state index in [9.17, 15) is 4.79 Å². The highest BCUT2D eigenvalue weighted by molar-refractivity contribution is 6.18. The van der Waals surface area contributed by atoms with Gasteiger partial charge < -0.3 is 9.47 Å². The van der Waals surface area contributed by atoms with E-state index >= 15 is 0 Å². The molecule has 0 saturated carbocycles. The van der Waals surface area contributed by atoms with E-state index in [2.05, 4.69) is 12.1 Å². The zero-order valence-corrected chi connectivity index (χ0v) is 19.7. The fraction of sp³-hybridized carbons (Fsp3) is 0.370. The summed E-state index contributed by atoms with van der Waals surface area (Å²) in [7, 11) is 0. The van der Waals surface area contributed by atoms with Gasteiger partial charge in [-0.2, -0.15) is 0 Å². The maximum Gasteiger partial charge on any atom is 0.414 e. The molecule has 1 heterocycles. The minimum absolute atomic E-state index is 0.159. The third-order valence-electron chi connectivity index (χ3n) is 5.70. The number of halogens is 1. The fourth-order valence-electron chi connectivity index (χ4n) is 4.28. The van der Waals surface area contributed by atoms with Gasteiger partial charge in [0.25, 0.3) is 0 Å². The van der Waals surface area contributed by atoms with Crippen LogP contribution in [-0.2, 0) is 11.3 Å². The smallest absolute Gasteiger partial charge is 0.414 e. The number of hydrogen-bond acceptors (Lipinski definition) is 3. The van der Waals surface area contributed by atoms with Crippen molar-refractivity contribution >= 4 is 34.2 Å². The van der Waals surface area contributed by atoms with E-state index in [4.69, 9.17) is 21.1 Å². The van der Waals surface area contributed by atoms with E-state index < -0.39 is 5.60 Å². The molecule has 0 bridgehead atoms. The van der Waals surface area contributed by atoms with Gasteiger partial charge in [-0.05, 0) is 50.1 Å². The number of nitrogens with zero attached hydrogens (tertiary/aromatic N) is 1. The highest BCUT2D eigenvalue weighted by Gasteiger charge is 2.31. The Labute approximate surface area is 195 Å². The number of hydrogen-bond donors (Lipinski definition) is 0. The Morgan fingerprint density at radius 1 is 1.06 bits per heavy atom. The summed E-state index contributed by atoms with van der Waals surface area (Å²) in [5, 5.41) is 2.11. The molecule has 1 amide bonds. The average Bonchev–Trinajstić information content (AvgIpc) is 2.96. The quantitative estimate of drug-likeness (QED) is 0.391. The van der Waals surface area contributed by atoms with Gasteiger partial charge in [-0.3, -0.25) is 4.90 Å². The van der Waals surface area contributed by atoms with Crippen LogP contribution in [0, 0.1) is 0 Å². The summed E-state index contributed by atoms with van der Waals surface area (Å²) in [5.41, 5.74) is 2.46. The van der Waals surface area contributed by atoms with Gasteiger partial charge in [-0.25, -0.2) is 4.79 Å². The molecule has 3 aromatic carbocycles. The number of amides is 1. The van der Waals surface area contributed by atoms with Crippen molar-refractivity contribution in [3.05, 3.63) is 71.8 Å². The molecule has 32 heavy (non-hydrogen) atoms. The van der Waals surface area contributed by atoms with Crippen LogP contribution in [0.1, 0.15) is 50.7 Å². The lowest BCUT2D eigenvalue weighted by atomic mass is 9.90. The third kappa shape index (κ3) is 4.86. The molecule has 0 aliphatic carbocycles. The molecular weight excluding hydrogens is 422 g/mol. The van der Waals surface area contributed by atoms with Crippen molar-refractivity contribution in [1.29, 1.82) is 0 Å². The van der Waals surface area contributed by atoms with Gasteiger partial charge in [0.15, 0.2) is 0 Å². The second kappa shape index (κ2) is 9.41. The average molecular weight is 452 g/mol. The number of anilines is 1. The highest BCUT2D eigenvalue weighted by Crippen LogP contribution is 2.44. The van der Waals surface area contributed by atoms with Crippen molar-refractivity contribution in [2.45, 2.75) is 51.7 Å². The number of rotatable bonds is 4. The highest BCUT2D eigenvalue weighted by atomic mass is 35.5. The van der Waals surface area contributed by atoms with Gasteiger partial charge in [0.05, 0.1) is 5.69 Å². The zero-order chi connectivity index (χ0) is 22.7. The first-order valence-electron chi connectivity index (χ1n) is 11.2. The van der Waals surface area contributed by atoms with E-state index in [1.54, 1.807) is 4.90 Å². The van der Waals surface area contributed by atoms with Crippen LogP contribution in [0.2, 0.25) is 0 Å². The van der Waals surface area contributed by atoms with Gasteiger partial charge in [0, 0.05) is 29.8 Å². The molecule has 168 valence electrons. The minimum atomic E-state index is -0.571. The Balaban J connectivity index is 1.83. The van der Waals surface area contributed by atoms with Crippen molar-refractivity contribution < 1.29 is 14.3 Å². The number of ether oxygens (including phenoxy) is 2. The summed E-state index contributed by atoms with van der Waals surface area (Å²) >= 11 is 6.43. The van der Waals surface area contributed by atoms with Crippen LogP contribution < -0.4 is 9.64 Å². The molecule has 1 aliphatic rings. The fourth-order valence-corrected chi connectivity index (χ4v) is 4.59. The monoisotopic (exact) mass is 451 g/mol. The minimum Gasteiger partial charge on any atom is -0.488 e. The van der Waals surface area contributed by atoms with Gasteiger partial charge in [0.1, 0.15) is 18.0 Å². The summed E-state index contributed by atoms with van der Waals surface area (Å²) < 4.78 is 12.1. The first-order valence-corrected chi connectivity index (χ1v) is 11.7. The Hall–Kier alpha value is -2.72. The van der Waals surface area contributed by atoms with Crippen LogP contribution in [0.4, 0.5) is 10.5 Å². The van der Waals surface area contributed by atoms with Crippen LogP contribution in [0.15, 0.2) is 60.7 Å². The first-order chi connectivity index (χ1) is 15.4. The lowest BCUT2D eigenvalue weighted by Crippen LogP contribution is -2.37. The van der Waals surface area contributed by atoms with Crippen molar-refractivity contribution in [3.8, 4) is 5.75 Å². The number of fused-ring (bicyclic) bond motifs is 3. The molecule has 0 N–H and O–H groups in total. The number of carbonyl (C=O) groups excluding carboxylic acids is 1. The summed E-state index contributed by atoms with van der Waals surface area (Å²) in [6.07, 6.45) is 1.45. The second-order valence-electron chi connectivity index (χ2n) is 9.25. The normalized spacial score (nSPS) is 16.4. The van der Waals surface area contributed by atoms with Crippen LogP contribution in [0.3, 0.4) is 0 Å². The predicted molar refractivity (Wildman–Crippen MR) is 131 cm³/mol. The Kier molecular flexibility index (Phi) is 6.61. The van der Waals surface area contributed by atoms with Crippen LogP contribution in [0.5, 0.6) is 5.75 Å². The molecule has 0 radical (unpaired) electrons. The maximum absolute atomic E-state index is 13.2. The second-order valence-corrected chi connectivity index (χ2v) is 9.56. The molecule has 1 unspecified atom stereocenters. The lowest BCUT2D eigenvalue weighted by Gasteiger charge is -2.29. The molecule has 4 nitrogen and oxygen atoms in total. The molecule has 3 aromatic rings. The summed E-state index contributed by atoms with van der Waals surface area (Å²) in [5.74, 6) is 1.42. The maximum atomic E-state index is 13.2. The lowest BCUT2D eigenvalue weighted by molar-refractivity contribution is 0.0580. The molecule has 1 aliphatic heterocycles. The van der Waals surface area contributed by atoms with Crippen molar-refractivity contribution in [2.24, 2.45) is 0 Å². The summed E-state index contributed by atoms with van der Waals surface area (Å²) in [4.78, 5) is 14.9. The van der Waals surface area contributed by atoms with Gasteiger partial charge in [-0.1, -0.05) is 54.6 Å². The summed E-state index contributed by atoms with van der Waals surface area (Å²) in [6.45, 7) is 6.71. The van der Waals surface area contributed by atoms with E-state index in [0.29, 0.717) is 19.0 Å². The van der Waals surface area contributed by atoms with Crippen LogP contribution in [-0.4, -0.2) is 24.1 Å². The molecule has 1 atom stereocenters. The largest absolute Gasteiger partial charge is 0.488 e. The topological polar surface area (TPSA) is 38.8 Å². The Bertz CT molecular complexity index is 1090. The van der Waals surface area contributed by atoms with Gasteiger partial charge in [-0.15, -0.1) is 11.6 Å². The van der Waals surface area contributed by atoms with Crippen molar-refractivity contribution in [3.63, 3.8) is 0 Å². The first kappa shape index (κ1) is 22.5. The molecule has 0 aromatic heterocycles. The Morgan fingerprint density at radius 2 is 1.75 bits per heavy atom. The number of carbonyl (C=O) groups is 1. The Morgan fingerprint density at radius 3 is 2.44 bits per heavy atom. The van der Waals surface area contributed by atoms with E-state index in [0.717, 1.165) is 46.2 Å². The van der Waals surface area contributed by atoms with E-state index in [-0.39, 0.29) is 12.0 Å². The standard InChI is InChI=1S/C27H30ClNO3/c1-27(2,3)32-26(30)29-15-9-12-20(17-28)25-22-14-8-7-13-21(22)24(16-23(25)29)31-18-19-10-5-4-6-11-19/h4-8,10-11,13-14,16,20H,9,12,15,17-18H2,1-3H3. The molecule has 4 rings (SSSR count). The van der Waals surface area contributed by atoms with Crippen molar-refractivity contribution in [2.75, 3.05) is 17.3 Å². The van der Waals surface area contributed by atoms with E-state index in [1.165, 1.54) is 0 Å². The predicted octanol–water partition coefficient (Wildman–Crippen LogP) is 7.28.